The van der Waals surface area contributed by atoms with Gasteiger partial charge in [0.1, 0.15) is 23.0 Å². The summed E-state index contributed by atoms with van der Waals surface area (Å²) in [6, 6.07) is 2.39. The number of rotatable bonds is 4. The van der Waals surface area contributed by atoms with Crippen molar-refractivity contribution in [1.29, 1.82) is 0 Å². The molecule has 0 aliphatic carbocycles. The van der Waals surface area contributed by atoms with Gasteiger partial charge < -0.3 is 10.6 Å². The summed E-state index contributed by atoms with van der Waals surface area (Å²) in [5, 5.41) is 5.10. The maximum Gasteiger partial charge on any atom is 0.276 e. The van der Waals surface area contributed by atoms with E-state index >= 15 is 0 Å². The standard InChI is InChI=1S/C14H14F2N4O/c1-3-17-11-7-18-10(6-19-11)14(21)20-13-9(15)5-4-8(2)12(13)16/h4-7H,3H2,1-2H3,(H,17,19)(H,20,21). The van der Waals surface area contributed by atoms with Gasteiger partial charge in [-0.2, -0.15) is 0 Å². The summed E-state index contributed by atoms with van der Waals surface area (Å²) in [4.78, 5) is 19.8. The van der Waals surface area contributed by atoms with E-state index in [0.29, 0.717) is 12.4 Å². The summed E-state index contributed by atoms with van der Waals surface area (Å²) in [6.07, 6.45) is 2.61. The van der Waals surface area contributed by atoms with E-state index in [2.05, 4.69) is 20.6 Å². The first kappa shape index (κ1) is 14.8. The molecule has 1 aromatic carbocycles. The molecule has 2 aromatic rings. The maximum absolute atomic E-state index is 13.8. The number of carbonyl (C=O) groups is 1. The lowest BCUT2D eigenvalue weighted by atomic mass is 10.2. The monoisotopic (exact) mass is 292 g/mol. The molecule has 0 saturated carbocycles. The number of hydrogen-bond acceptors (Lipinski definition) is 4. The van der Waals surface area contributed by atoms with Gasteiger partial charge in [-0.1, -0.05) is 6.07 Å². The number of halogens is 2. The number of amides is 1. The summed E-state index contributed by atoms with van der Waals surface area (Å²) in [7, 11) is 0. The van der Waals surface area contributed by atoms with Crippen LogP contribution in [-0.4, -0.2) is 22.4 Å². The molecule has 0 atom stereocenters. The number of benzene rings is 1. The summed E-state index contributed by atoms with van der Waals surface area (Å²) in [5.41, 5.74) is -0.283. The fourth-order valence-electron chi connectivity index (χ4n) is 1.67. The summed E-state index contributed by atoms with van der Waals surface area (Å²) in [5.74, 6) is -1.86. The van der Waals surface area contributed by atoms with Gasteiger partial charge in [-0.3, -0.25) is 4.79 Å². The normalized spacial score (nSPS) is 10.3. The fraction of sp³-hybridized carbons (Fsp3) is 0.214. The van der Waals surface area contributed by atoms with Crippen LogP contribution in [0.15, 0.2) is 24.5 Å². The Morgan fingerprint density at radius 2 is 2.00 bits per heavy atom. The first-order valence-corrected chi connectivity index (χ1v) is 6.34. The van der Waals surface area contributed by atoms with Crippen LogP contribution in [0.25, 0.3) is 0 Å². The lowest BCUT2D eigenvalue weighted by Gasteiger charge is -2.09. The van der Waals surface area contributed by atoms with Crippen LogP contribution in [0.1, 0.15) is 23.0 Å². The van der Waals surface area contributed by atoms with Crippen LogP contribution < -0.4 is 10.6 Å². The second-order valence-electron chi connectivity index (χ2n) is 4.32. The summed E-state index contributed by atoms with van der Waals surface area (Å²) < 4.78 is 27.4. The van der Waals surface area contributed by atoms with Crippen molar-refractivity contribution in [3.05, 3.63) is 47.4 Å². The van der Waals surface area contributed by atoms with Gasteiger partial charge in [0.25, 0.3) is 5.91 Å². The summed E-state index contributed by atoms with van der Waals surface area (Å²) in [6.45, 7) is 4.04. The third kappa shape index (κ3) is 3.31. The SMILES string of the molecule is CCNc1cnc(C(=O)Nc2c(F)ccc(C)c2F)cn1. The van der Waals surface area contributed by atoms with Crippen molar-refractivity contribution in [2.24, 2.45) is 0 Å². The van der Waals surface area contributed by atoms with Gasteiger partial charge in [0.05, 0.1) is 12.4 Å². The van der Waals surface area contributed by atoms with Crippen molar-refractivity contribution in [2.45, 2.75) is 13.8 Å². The second-order valence-corrected chi connectivity index (χ2v) is 4.32. The van der Waals surface area contributed by atoms with E-state index in [0.717, 1.165) is 6.07 Å². The van der Waals surface area contributed by atoms with E-state index in [4.69, 9.17) is 0 Å². The Morgan fingerprint density at radius 1 is 1.24 bits per heavy atom. The number of nitrogens with zero attached hydrogens (tertiary/aromatic N) is 2. The van der Waals surface area contributed by atoms with Crippen LogP contribution >= 0.6 is 0 Å². The molecule has 1 aromatic heterocycles. The molecule has 2 N–H and O–H groups in total. The van der Waals surface area contributed by atoms with Crippen LogP contribution in [-0.2, 0) is 0 Å². The molecule has 0 unspecified atom stereocenters. The molecule has 5 nitrogen and oxygen atoms in total. The smallest absolute Gasteiger partial charge is 0.276 e. The predicted molar refractivity (Wildman–Crippen MR) is 75.2 cm³/mol. The Balaban J connectivity index is 2.20. The first-order chi connectivity index (χ1) is 10.0. The van der Waals surface area contributed by atoms with E-state index in [1.165, 1.54) is 25.4 Å². The molecule has 7 heteroatoms. The van der Waals surface area contributed by atoms with Crippen molar-refractivity contribution in [2.75, 3.05) is 17.2 Å². The zero-order valence-corrected chi connectivity index (χ0v) is 11.6. The zero-order chi connectivity index (χ0) is 15.4. The van der Waals surface area contributed by atoms with Gasteiger partial charge in [0, 0.05) is 6.54 Å². The van der Waals surface area contributed by atoms with Gasteiger partial charge in [-0.25, -0.2) is 18.7 Å². The quantitative estimate of drug-likeness (QED) is 0.909. The van der Waals surface area contributed by atoms with E-state index < -0.39 is 23.2 Å². The van der Waals surface area contributed by atoms with Crippen molar-refractivity contribution in [1.82, 2.24) is 9.97 Å². The number of hydrogen-bond donors (Lipinski definition) is 2. The molecule has 0 saturated heterocycles. The van der Waals surface area contributed by atoms with Crippen LogP contribution in [0.4, 0.5) is 20.3 Å². The molecule has 0 bridgehead atoms. The van der Waals surface area contributed by atoms with E-state index in [1.54, 1.807) is 0 Å². The number of nitrogens with one attached hydrogen (secondary N) is 2. The summed E-state index contributed by atoms with van der Waals surface area (Å²) >= 11 is 0. The molecular formula is C14H14F2N4O. The minimum Gasteiger partial charge on any atom is -0.369 e. The molecule has 2 rings (SSSR count). The topological polar surface area (TPSA) is 66.9 Å². The second kappa shape index (κ2) is 6.25. The van der Waals surface area contributed by atoms with Crippen LogP contribution in [0.5, 0.6) is 0 Å². The highest BCUT2D eigenvalue weighted by Gasteiger charge is 2.16. The number of aromatic nitrogens is 2. The largest absolute Gasteiger partial charge is 0.369 e. The minimum atomic E-state index is -0.844. The number of anilines is 2. The van der Waals surface area contributed by atoms with Gasteiger partial charge in [-0.15, -0.1) is 0 Å². The van der Waals surface area contributed by atoms with Crippen LogP contribution in [0.2, 0.25) is 0 Å². The third-order valence-electron chi connectivity index (χ3n) is 2.77. The Labute approximate surface area is 120 Å². The average Bonchev–Trinajstić information content (AvgIpc) is 2.48. The van der Waals surface area contributed by atoms with Crippen molar-refractivity contribution in [3.8, 4) is 0 Å². The highest BCUT2D eigenvalue weighted by atomic mass is 19.1. The fourth-order valence-corrected chi connectivity index (χ4v) is 1.67. The predicted octanol–water partition coefficient (Wildman–Crippen LogP) is 2.75. The zero-order valence-electron chi connectivity index (χ0n) is 11.6. The minimum absolute atomic E-state index is 0.0306. The lowest BCUT2D eigenvalue weighted by molar-refractivity contribution is 0.102. The number of carbonyl (C=O) groups excluding carboxylic acids is 1. The van der Waals surface area contributed by atoms with Crippen LogP contribution in [0.3, 0.4) is 0 Å². The lowest BCUT2D eigenvalue weighted by Crippen LogP contribution is -2.17. The van der Waals surface area contributed by atoms with Gasteiger partial charge in [-0.05, 0) is 25.5 Å². The Morgan fingerprint density at radius 3 is 2.62 bits per heavy atom. The average molecular weight is 292 g/mol. The molecule has 0 fully saturated rings. The Hall–Kier alpha value is -2.57. The molecule has 110 valence electrons. The molecule has 1 amide bonds. The molecule has 1 heterocycles. The molecule has 0 radical (unpaired) electrons. The molecule has 0 aliphatic heterocycles. The molecule has 21 heavy (non-hydrogen) atoms. The maximum atomic E-state index is 13.8. The third-order valence-corrected chi connectivity index (χ3v) is 2.77. The molecule has 0 aliphatic rings. The first-order valence-electron chi connectivity index (χ1n) is 6.34. The number of aryl methyl sites for hydroxylation is 1. The van der Waals surface area contributed by atoms with Crippen LogP contribution in [0, 0.1) is 18.6 Å². The van der Waals surface area contributed by atoms with Gasteiger partial charge >= 0.3 is 0 Å². The highest BCUT2D eigenvalue weighted by Crippen LogP contribution is 2.22. The van der Waals surface area contributed by atoms with E-state index in [1.807, 2.05) is 6.92 Å². The Bertz CT molecular complexity index is 659. The Kier molecular flexibility index (Phi) is 4.42. The molecular weight excluding hydrogens is 278 g/mol. The van der Waals surface area contributed by atoms with E-state index in [9.17, 15) is 13.6 Å². The van der Waals surface area contributed by atoms with E-state index in [-0.39, 0.29) is 11.3 Å². The van der Waals surface area contributed by atoms with Crippen molar-refractivity contribution in [3.63, 3.8) is 0 Å². The highest BCUT2D eigenvalue weighted by molar-refractivity contribution is 6.02. The van der Waals surface area contributed by atoms with Gasteiger partial charge in [0.2, 0.25) is 0 Å². The van der Waals surface area contributed by atoms with Crippen molar-refractivity contribution < 1.29 is 13.6 Å². The molecule has 0 spiro atoms. The van der Waals surface area contributed by atoms with Crippen molar-refractivity contribution >= 4 is 17.4 Å². The van der Waals surface area contributed by atoms with Gasteiger partial charge in [0.15, 0.2) is 5.82 Å².